The Bertz CT molecular complexity index is 1030. The first-order chi connectivity index (χ1) is 15.6. The number of nitrogens with one attached hydrogen (secondary N) is 1. The zero-order chi connectivity index (χ0) is 22.1. The topological polar surface area (TPSA) is 80.3 Å². The van der Waals surface area contributed by atoms with Crippen molar-refractivity contribution in [2.24, 2.45) is 0 Å². The average Bonchev–Trinajstić information content (AvgIpc) is 3.33. The molecule has 0 aromatic heterocycles. The number of likely N-dealkylation sites (N-methyl/N-ethyl adjacent to an activating group) is 1. The Kier molecular flexibility index (Phi) is 5.51. The number of anilines is 1. The third-order valence-corrected chi connectivity index (χ3v) is 6.25. The number of carbonyl (C=O) groups is 2. The summed E-state index contributed by atoms with van der Waals surface area (Å²) in [4.78, 5) is 29.6. The van der Waals surface area contributed by atoms with Crippen molar-refractivity contribution < 1.29 is 23.8 Å². The smallest absolute Gasteiger partial charge is 0.262 e. The van der Waals surface area contributed by atoms with Gasteiger partial charge >= 0.3 is 0 Å². The van der Waals surface area contributed by atoms with Crippen LogP contribution in [-0.2, 0) is 9.59 Å². The van der Waals surface area contributed by atoms with E-state index in [1.165, 1.54) is 0 Å². The van der Waals surface area contributed by atoms with Crippen molar-refractivity contribution in [3.8, 4) is 17.2 Å². The van der Waals surface area contributed by atoms with Crippen LogP contribution in [0.25, 0.3) is 0 Å². The minimum absolute atomic E-state index is 0.00403. The highest BCUT2D eigenvalue weighted by molar-refractivity contribution is 5.86. The molecule has 3 aliphatic rings. The van der Waals surface area contributed by atoms with Crippen LogP contribution in [0.5, 0.6) is 17.2 Å². The number of rotatable bonds is 4. The summed E-state index contributed by atoms with van der Waals surface area (Å²) in [6, 6.07) is 13.5. The van der Waals surface area contributed by atoms with Gasteiger partial charge in [0.2, 0.25) is 5.91 Å². The summed E-state index contributed by atoms with van der Waals surface area (Å²) >= 11 is 0. The third-order valence-electron chi connectivity index (χ3n) is 6.25. The van der Waals surface area contributed by atoms with Crippen molar-refractivity contribution in [3.63, 3.8) is 0 Å². The Labute approximate surface area is 187 Å². The van der Waals surface area contributed by atoms with E-state index in [9.17, 15) is 9.59 Å². The molecule has 1 N–H and O–H groups in total. The van der Waals surface area contributed by atoms with Crippen molar-refractivity contribution in [2.75, 3.05) is 44.8 Å². The fraction of sp³-hybridized carbons (Fsp3) is 0.417. The highest BCUT2D eigenvalue weighted by Gasteiger charge is 2.35. The summed E-state index contributed by atoms with van der Waals surface area (Å²) in [5.74, 6) is 1.94. The van der Waals surface area contributed by atoms with Gasteiger partial charge in [-0.2, -0.15) is 0 Å². The van der Waals surface area contributed by atoms with Crippen LogP contribution in [0.2, 0.25) is 0 Å². The van der Waals surface area contributed by atoms with E-state index in [1.807, 2.05) is 52.3 Å². The van der Waals surface area contributed by atoms with Gasteiger partial charge in [-0.1, -0.05) is 18.2 Å². The number of nitrogens with zero attached hydrogens (tertiary/aromatic N) is 2. The summed E-state index contributed by atoms with van der Waals surface area (Å²) < 4.78 is 17.2. The van der Waals surface area contributed by atoms with Crippen LogP contribution in [0.15, 0.2) is 42.5 Å². The number of likely N-dealkylation sites (tertiary alicyclic amines) is 1. The SMILES string of the molecule is CNC(=O)[C@H]1CN(CC(=O)N2CCC[C@@H]2c2ccc3c(c2)OCCO3)c2ccccc2O1. The molecule has 8 heteroatoms. The number of fused-ring (bicyclic) bond motifs is 2. The second-order valence-electron chi connectivity index (χ2n) is 8.22. The normalized spacial score (nSPS) is 21.5. The number of hydrogen-bond donors (Lipinski definition) is 1. The van der Waals surface area contributed by atoms with Crippen LogP contribution >= 0.6 is 0 Å². The highest BCUT2D eigenvalue weighted by Crippen LogP contribution is 2.39. The fourth-order valence-electron chi connectivity index (χ4n) is 4.69. The van der Waals surface area contributed by atoms with E-state index >= 15 is 0 Å². The first-order valence-electron chi connectivity index (χ1n) is 11.1. The molecule has 1 saturated heterocycles. The van der Waals surface area contributed by atoms with E-state index in [4.69, 9.17) is 14.2 Å². The summed E-state index contributed by atoms with van der Waals surface area (Å²) in [5.41, 5.74) is 1.89. The molecule has 8 nitrogen and oxygen atoms in total. The summed E-state index contributed by atoms with van der Waals surface area (Å²) in [6.45, 7) is 2.31. The monoisotopic (exact) mass is 437 g/mol. The van der Waals surface area contributed by atoms with Crippen LogP contribution in [0.1, 0.15) is 24.4 Å². The average molecular weight is 437 g/mol. The lowest BCUT2D eigenvalue weighted by molar-refractivity contribution is -0.131. The number of amides is 2. The van der Waals surface area contributed by atoms with Crippen LogP contribution < -0.4 is 24.4 Å². The molecule has 0 spiro atoms. The van der Waals surface area contributed by atoms with Gasteiger partial charge in [0.1, 0.15) is 19.0 Å². The zero-order valence-corrected chi connectivity index (χ0v) is 18.1. The molecule has 1 fully saturated rings. The van der Waals surface area contributed by atoms with Crippen molar-refractivity contribution in [3.05, 3.63) is 48.0 Å². The molecule has 0 unspecified atom stereocenters. The number of para-hydroxylation sites is 2. The molecule has 0 radical (unpaired) electrons. The Hall–Kier alpha value is -3.42. The predicted octanol–water partition coefficient (Wildman–Crippen LogP) is 2.13. The molecule has 5 rings (SSSR count). The van der Waals surface area contributed by atoms with E-state index in [0.29, 0.717) is 32.1 Å². The molecule has 2 atom stereocenters. The molecular weight excluding hydrogens is 410 g/mol. The summed E-state index contributed by atoms with van der Waals surface area (Å²) in [7, 11) is 1.59. The van der Waals surface area contributed by atoms with E-state index in [-0.39, 0.29) is 24.4 Å². The zero-order valence-electron chi connectivity index (χ0n) is 18.1. The number of hydrogen-bond acceptors (Lipinski definition) is 6. The first-order valence-corrected chi connectivity index (χ1v) is 11.1. The second kappa shape index (κ2) is 8.61. The van der Waals surface area contributed by atoms with Crippen LogP contribution in [-0.4, -0.2) is 62.7 Å². The van der Waals surface area contributed by atoms with Crippen LogP contribution in [0.4, 0.5) is 5.69 Å². The van der Waals surface area contributed by atoms with Crippen molar-refractivity contribution in [1.82, 2.24) is 10.2 Å². The fourth-order valence-corrected chi connectivity index (χ4v) is 4.69. The maximum Gasteiger partial charge on any atom is 0.262 e. The van der Waals surface area contributed by atoms with E-state index in [1.54, 1.807) is 7.05 Å². The van der Waals surface area contributed by atoms with Gasteiger partial charge in [-0.15, -0.1) is 0 Å². The molecule has 2 aromatic rings. The van der Waals surface area contributed by atoms with Gasteiger partial charge in [-0.05, 0) is 42.7 Å². The van der Waals surface area contributed by atoms with Gasteiger partial charge < -0.3 is 29.3 Å². The number of ether oxygens (including phenoxy) is 3. The van der Waals surface area contributed by atoms with Gasteiger partial charge in [-0.3, -0.25) is 9.59 Å². The molecule has 3 aliphatic heterocycles. The van der Waals surface area contributed by atoms with Crippen LogP contribution in [0, 0.1) is 0 Å². The molecule has 3 heterocycles. The van der Waals surface area contributed by atoms with Crippen molar-refractivity contribution in [1.29, 1.82) is 0 Å². The summed E-state index contributed by atoms with van der Waals surface area (Å²) in [6.07, 6.45) is 1.20. The maximum atomic E-state index is 13.4. The van der Waals surface area contributed by atoms with Crippen LogP contribution in [0.3, 0.4) is 0 Å². The lowest BCUT2D eigenvalue weighted by atomic mass is 10.0. The van der Waals surface area contributed by atoms with E-state index in [2.05, 4.69) is 5.32 Å². The molecule has 0 aliphatic carbocycles. The van der Waals surface area contributed by atoms with E-state index < -0.39 is 6.10 Å². The van der Waals surface area contributed by atoms with Crippen molar-refractivity contribution in [2.45, 2.75) is 25.0 Å². The highest BCUT2D eigenvalue weighted by atomic mass is 16.6. The first kappa shape index (κ1) is 20.5. The number of carbonyl (C=O) groups excluding carboxylic acids is 2. The quantitative estimate of drug-likeness (QED) is 0.790. The lowest BCUT2D eigenvalue weighted by Crippen LogP contribution is -2.51. The molecule has 2 amide bonds. The van der Waals surface area contributed by atoms with E-state index in [0.717, 1.165) is 35.6 Å². The molecule has 2 aromatic carbocycles. The van der Waals surface area contributed by atoms with Gasteiger partial charge in [0.05, 0.1) is 24.8 Å². The molecule has 0 saturated carbocycles. The Morgan fingerprint density at radius 3 is 2.72 bits per heavy atom. The minimum Gasteiger partial charge on any atom is -0.486 e. The molecule has 32 heavy (non-hydrogen) atoms. The molecule has 168 valence electrons. The standard InChI is InChI=1S/C24H27N3O5/c1-25-24(29)22-14-26(18-5-2-3-7-19(18)32-22)15-23(28)27-10-4-6-17(27)16-8-9-20-21(13-16)31-12-11-30-20/h2-3,5,7-9,13,17,22H,4,6,10-12,14-15H2,1H3,(H,25,29)/t17-,22-/m1/s1. The second-order valence-corrected chi connectivity index (χ2v) is 8.22. The van der Waals surface area contributed by atoms with Gasteiger partial charge in [0.25, 0.3) is 5.91 Å². The maximum absolute atomic E-state index is 13.4. The predicted molar refractivity (Wildman–Crippen MR) is 118 cm³/mol. The summed E-state index contributed by atoms with van der Waals surface area (Å²) in [5, 5.41) is 2.64. The Morgan fingerprint density at radius 1 is 1.06 bits per heavy atom. The Balaban J connectivity index is 1.35. The van der Waals surface area contributed by atoms with Gasteiger partial charge in [0, 0.05) is 13.6 Å². The Morgan fingerprint density at radius 2 is 1.88 bits per heavy atom. The molecule has 0 bridgehead atoms. The molecular formula is C24H27N3O5. The minimum atomic E-state index is -0.658. The number of benzene rings is 2. The largest absolute Gasteiger partial charge is 0.486 e. The van der Waals surface area contributed by atoms with Crippen molar-refractivity contribution >= 4 is 17.5 Å². The van der Waals surface area contributed by atoms with Gasteiger partial charge in [0.15, 0.2) is 17.6 Å². The van der Waals surface area contributed by atoms with Gasteiger partial charge in [-0.25, -0.2) is 0 Å². The lowest BCUT2D eigenvalue weighted by Gasteiger charge is -2.36. The third kappa shape index (κ3) is 3.81.